The molecule has 1 aromatic heterocycles. The monoisotopic (exact) mass is 337 g/mol. The van der Waals surface area contributed by atoms with Gasteiger partial charge in [-0.2, -0.15) is 4.98 Å². The summed E-state index contributed by atoms with van der Waals surface area (Å²) in [6.45, 7) is 1.73. The number of methoxy groups -OCH3 is 1. The number of aryl methyl sites for hydroxylation is 1. The highest BCUT2D eigenvalue weighted by Crippen LogP contribution is 2.34. The van der Waals surface area contributed by atoms with Gasteiger partial charge in [-0.1, -0.05) is 6.07 Å². The van der Waals surface area contributed by atoms with Gasteiger partial charge in [0.05, 0.1) is 17.3 Å². The highest BCUT2D eigenvalue weighted by Gasteiger charge is 2.14. The Morgan fingerprint density at radius 2 is 2.10 bits per heavy atom. The van der Waals surface area contributed by atoms with Gasteiger partial charge in [-0.05, 0) is 35.0 Å². The number of rotatable bonds is 3. The highest BCUT2D eigenvalue weighted by molar-refractivity contribution is 9.10. The van der Waals surface area contributed by atoms with E-state index in [2.05, 4.69) is 30.6 Å². The van der Waals surface area contributed by atoms with Gasteiger partial charge in [0.25, 0.3) is 0 Å². The van der Waals surface area contributed by atoms with Crippen LogP contribution in [0.25, 0.3) is 0 Å². The van der Waals surface area contributed by atoms with Gasteiger partial charge in [0, 0.05) is 11.8 Å². The van der Waals surface area contributed by atoms with E-state index < -0.39 is 5.97 Å². The van der Waals surface area contributed by atoms with Crippen molar-refractivity contribution >= 4 is 27.6 Å². The Morgan fingerprint density at radius 1 is 1.35 bits per heavy atom. The van der Waals surface area contributed by atoms with Gasteiger partial charge in [-0.25, -0.2) is 9.78 Å². The molecule has 0 saturated heterocycles. The van der Waals surface area contributed by atoms with Gasteiger partial charge < -0.3 is 15.2 Å². The lowest BCUT2D eigenvalue weighted by atomic mass is 10.3. The molecule has 0 unspecified atom stereocenters. The number of carbonyl (C=O) groups is 1. The normalized spacial score (nSPS) is 10.2. The van der Waals surface area contributed by atoms with Crippen LogP contribution in [0.5, 0.6) is 11.6 Å². The quantitative estimate of drug-likeness (QED) is 0.684. The predicted octanol–water partition coefficient (Wildman–Crippen LogP) is 2.71. The molecule has 7 heteroatoms. The summed E-state index contributed by atoms with van der Waals surface area (Å²) in [5, 5.41) is 0. The number of carbonyl (C=O) groups excluding carboxylic acids is 1. The third-order valence-electron chi connectivity index (χ3n) is 2.40. The fourth-order valence-electron chi connectivity index (χ4n) is 1.51. The number of nitrogen functional groups attached to an aromatic ring is 1. The fourth-order valence-corrected chi connectivity index (χ4v) is 1.97. The minimum Gasteiger partial charge on any atom is -0.463 e. The number of hydrogen-bond donors (Lipinski definition) is 1. The predicted molar refractivity (Wildman–Crippen MR) is 76.7 cm³/mol. The molecule has 0 amide bonds. The minimum absolute atomic E-state index is 0.0619. The number of hydrogen-bond acceptors (Lipinski definition) is 6. The Bertz CT molecular complexity index is 641. The van der Waals surface area contributed by atoms with Crippen molar-refractivity contribution in [3.05, 3.63) is 40.3 Å². The van der Waals surface area contributed by atoms with Gasteiger partial charge >= 0.3 is 5.97 Å². The first-order valence-electron chi connectivity index (χ1n) is 5.67. The molecular formula is C13H12BrN3O3. The first-order valence-corrected chi connectivity index (χ1v) is 6.46. The summed E-state index contributed by atoms with van der Waals surface area (Å²) in [5.74, 6) is -0.0373. The lowest BCUT2D eigenvalue weighted by Gasteiger charge is -2.10. The molecule has 0 bridgehead atoms. The Balaban J connectivity index is 2.39. The van der Waals surface area contributed by atoms with Crippen LogP contribution < -0.4 is 10.5 Å². The fraction of sp³-hybridized carbons (Fsp3) is 0.154. The van der Waals surface area contributed by atoms with E-state index in [0.717, 1.165) is 0 Å². The minimum atomic E-state index is -0.626. The third-order valence-corrected chi connectivity index (χ3v) is 3.03. The van der Waals surface area contributed by atoms with E-state index in [1.54, 1.807) is 31.2 Å². The molecule has 0 aliphatic rings. The van der Waals surface area contributed by atoms with Crippen LogP contribution >= 0.6 is 15.9 Å². The SMILES string of the molecule is COC(=O)c1nc(C)cc(Oc2c(N)cccc2Br)n1. The number of benzene rings is 1. The van der Waals surface area contributed by atoms with Crippen LogP contribution in [0.3, 0.4) is 0 Å². The Kier molecular flexibility index (Phi) is 4.19. The molecule has 0 aliphatic carbocycles. The average molecular weight is 338 g/mol. The first-order chi connectivity index (χ1) is 9.51. The summed E-state index contributed by atoms with van der Waals surface area (Å²) in [7, 11) is 1.26. The highest BCUT2D eigenvalue weighted by atomic mass is 79.9. The van der Waals surface area contributed by atoms with E-state index in [1.807, 2.05) is 0 Å². The van der Waals surface area contributed by atoms with E-state index in [-0.39, 0.29) is 11.7 Å². The van der Waals surface area contributed by atoms with Crippen LogP contribution in [-0.4, -0.2) is 23.0 Å². The molecule has 6 nitrogen and oxygen atoms in total. The Hall–Kier alpha value is -2.15. The van der Waals surface area contributed by atoms with Crippen molar-refractivity contribution in [1.29, 1.82) is 0 Å². The van der Waals surface area contributed by atoms with Crippen LogP contribution in [0.2, 0.25) is 0 Å². The molecule has 0 saturated carbocycles. The van der Waals surface area contributed by atoms with Crippen molar-refractivity contribution in [1.82, 2.24) is 9.97 Å². The number of nitrogens with zero attached hydrogens (tertiary/aromatic N) is 2. The van der Waals surface area contributed by atoms with Crippen molar-refractivity contribution in [2.24, 2.45) is 0 Å². The second kappa shape index (κ2) is 5.87. The number of halogens is 1. The number of ether oxygens (including phenoxy) is 2. The summed E-state index contributed by atoms with van der Waals surface area (Å²) < 4.78 is 10.9. The second-order valence-corrected chi connectivity index (χ2v) is 4.78. The lowest BCUT2D eigenvalue weighted by Crippen LogP contribution is -2.09. The second-order valence-electron chi connectivity index (χ2n) is 3.92. The number of esters is 1. The molecule has 1 aromatic carbocycles. The van der Waals surface area contributed by atoms with E-state index in [4.69, 9.17) is 10.5 Å². The smallest absolute Gasteiger partial charge is 0.376 e. The van der Waals surface area contributed by atoms with E-state index in [9.17, 15) is 4.79 Å². The summed E-state index contributed by atoms with van der Waals surface area (Å²) in [6, 6.07) is 6.89. The van der Waals surface area contributed by atoms with Crippen LogP contribution in [0.1, 0.15) is 16.3 Å². The molecular weight excluding hydrogens is 326 g/mol. The molecule has 104 valence electrons. The zero-order valence-electron chi connectivity index (χ0n) is 10.9. The standard InChI is InChI=1S/C13H12BrN3O3/c1-7-6-10(17-12(16-7)13(18)19-2)20-11-8(14)4-3-5-9(11)15/h3-6H,15H2,1-2H3. The average Bonchev–Trinajstić information content (AvgIpc) is 2.41. The maximum atomic E-state index is 11.5. The zero-order chi connectivity index (χ0) is 14.7. The summed E-state index contributed by atoms with van der Waals surface area (Å²) >= 11 is 3.34. The number of anilines is 1. The van der Waals surface area contributed by atoms with Crippen molar-refractivity contribution in [3.8, 4) is 11.6 Å². The number of aromatic nitrogens is 2. The third kappa shape index (κ3) is 3.05. The van der Waals surface area contributed by atoms with Crippen LogP contribution in [0, 0.1) is 6.92 Å². The molecule has 0 atom stereocenters. The molecule has 1 heterocycles. The molecule has 2 N–H and O–H groups in total. The van der Waals surface area contributed by atoms with E-state index in [1.165, 1.54) is 7.11 Å². The van der Waals surface area contributed by atoms with Gasteiger partial charge in [0.2, 0.25) is 11.7 Å². The maximum Gasteiger partial charge on any atom is 0.376 e. The summed E-state index contributed by atoms with van der Waals surface area (Å²) in [6.07, 6.45) is 0. The van der Waals surface area contributed by atoms with Crippen LogP contribution in [0.4, 0.5) is 5.69 Å². The van der Waals surface area contributed by atoms with Crippen molar-refractivity contribution in [2.75, 3.05) is 12.8 Å². The lowest BCUT2D eigenvalue weighted by molar-refractivity contribution is 0.0585. The van der Waals surface area contributed by atoms with Crippen molar-refractivity contribution in [2.45, 2.75) is 6.92 Å². The van der Waals surface area contributed by atoms with Crippen molar-refractivity contribution in [3.63, 3.8) is 0 Å². The van der Waals surface area contributed by atoms with Crippen LogP contribution in [-0.2, 0) is 4.74 Å². The molecule has 0 spiro atoms. The zero-order valence-corrected chi connectivity index (χ0v) is 12.5. The van der Waals surface area contributed by atoms with Gasteiger partial charge in [-0.15, -0.1) is 0 Å². The van der Waals surface area contributed by atoms with Crippen LogP contribution in [0.15, 0.2) is 28.7 Å². The topological polar surface area (TPSA) is 87.3 Å². The number of nitrogens with two attached hydrogens (primary N) is 1. The maximum absolute atomic E-state index is 11.5. The van der Waals surface area contributed by atoms with E-state index in [0.29, 0.717) is 21.6 Å². The Labute approximate surface area is 124 Å². The largest absolute Gasteiger partial charge is 0.463 e. The van der Waals surface area contributed by atoms with Crippen molar-refractivity contribution < 1.29 is 14.3 Å². The molecule has 20 heavy (non-hydrogen) atoms. The first kappa shape index (κ1) is 14.3. The molecule has 0 aliphatic heterocycles. The molecule has 0 fully saturated rings. The summed E-state index contributed by atoms with van der Waals surface area (Å²) in [5.41, 5.74) is 6.88. The summed E-state index contributed by atoms with van der Waals surface area (Å²) in [4.78, 5) is 19.4. The van der Waals surface area contributed by atoms with Gasteiger partial charge in [-0.3, -0.25) is 0 Å². The number of para-hydroxylation sites is 1. The Morgan fingerprint density at radius 3 is 2.75 bits per heavy atom. The molecule has 0 radical (unpaired) electrons. The van der Waals surface area contributed by atoms with Gasteiger partial charge in [0.1, 0.15) is 0 Å². The van der Waals surface area contributed by atoms with Gasteiger partial charge in [0.15, 0.2) is 5.75 Å². The molecule has 2 rings (SSSR count). The van der Waals surface area contributed by atoms with E-state index >= 15 is 0 Å². The molecule has 2 aromatic rings.